The Morgan fingerprint density at radius 2 is 2.33 bits per heavy atom. The first-order valence-corrected chi connectivity index (χ1v) is 6.67. The minimum absolute atomic E-state index is 0.00803. The van der Waals surface area contributed by atoms with E-state index in [0.29, 0.717) is 12.2 Å². The number of hydrogen-bond donors (Lipinski definition) is 0. The predicted molar refractivity (Wildman–Crippen MR) is 68.2 cm³/mol. The molecule has 1 aromatic heterocycles. The third kappa shape index (κ3) is 3.70. The molecule has 0 fully saturated rings. The molecule has 4 heteroatoms. The number of halogens is 1. The van der Waals surface area contributed by atoms with Gasteiger partial charge >= 0.3 is 0 Å². The van der Waals surface area contributed by atoms with Gasteiger partial charge in [-0.1, -0.05) is 6.92 Å². The summed E-state index contributed by atoms with van der Waals surface area (Å²) in [6.07, 6.45) is 0.610. The fourth-order valence-electron chi connectivity index (χ4n) is 1.39. The van der Waals surface area contributed by atoms with Crippen molar-refractivity contribution in [3.63, 3.8) is 0 Å². The van der Waals surface area contributed by atoms with Gasteiger partial charge in [0.2, 0.25) is 0 Å². The van der Waals surface area contributed by atoms with E-state index in [4.69, 9.17) is 0 Å². The molecule has 0 spiro atoms. The van der Waals surface area contributed by atoms with Crippen LogP contribution < -0.4 is 0 Å². The summed E-state index contributed by atoms with van der Waals surface area (Å²) in [7, 11) is 1.99. The highest BCUT2D eigenvalue weighted by atomic mass is 79.9. The van der Waals surface area contributed by atoms with Gasteiger partial charge in [0.05, 0.1) is 9.83 Å². The maximum absolute atomic E-state index is 11.5. The van der Waals surface area contributed by atoms with Crippen LogP contribution in [0, 0.1) is 0 Å². The summed E-state index contributed by atoms with van der Waals surface area (Å²) in [6, 6.07) is 2.11. The first kappa shape index (κ1) is 12.9. The summed E-state index contributed by atoms with van der Waals surface area (Å²) >= 11 is 5.11. The molecule has 0 aliphatic heterocycles. The molecule has 0 saturated heterocycles. The van der Waals surface area contributed by atoms with E-state index in [1.54, 1.807) is 11.3 Å². The number of hydrogen-bond acceptors (Lipinski definition) is 3. The molecule has 1 atom stereocenters. The van der Waals surface area contributed by atoms with Gasteiger partial charge in [0.25, 0.3) is 0 Å². The third-order valence-corrected chi connectivity index (χ3v) is 4.08. The van der Waals surface area contributed by atoms with Gasteiger partial charge in [0.15, 0.2) is 0 Å². The van der Waals surface area contributed by atoms with E-state index >= 15 is 0 Å². The topological polar surface area (TPSA) is 20.3 Å². The molecule has 0 radical (unpaired) electrons. The second kappa shape index (κ2) is 5.77. The Balaban J connectivity index is 2.55. The second-order valence-electron chi connectivity index (χ2n) is 3.67. The number of nitrogens with zero attached hydrogens (tertiary/aromatic N) is 1. The summed E-state index contributed by atoms with van der Waals surface area (Å²) in [5.41, 5.74) is 1.25. The van der Waals surface area contributed by atoms with E-state index in [-0.39, 0.29) is 6.04 Å². The van der Waals surface area contributed by atoms with Crippen molar-refractivity contribution in [2.75, 3.05) is 7.05 Å². The highest BCUT2D eigenvalue weighted by Crippen LogP contribution is 2.22. The van der Waals surface area contributed by atoms with Gasteiger partial charge in [-0.2, -0.15) is 0 Å². The molecular weight excluding hydrogens is 274 g/mol. The van der Waals surface area contributed by atoms with Crippen molar-refractivity contribution < 1.29 is 4.79 Å². The largest absolute Gasteiger partial charge is 0.298 e. The lowest BCUT2D eigenvalue weighted by molar-refractivity contribution is -0.123. The monoisotopic (exact) mass is 289 g/mol. The van der Waals surface area contributed by atoms with Crippen LogP contribution in [-0.4, -0.2) is 23.8 Å². The maximum Gasteiger partial charge on any atom is 0.149 e. The molecule has 1 rings (SSSR count). The molecule has 0 saturated carbocycles. The molecule has 0 aliphatic carbocycles. The molecule has 15 heavy (non-hydrogen) atoms. The molecule has 0 amide bonds. The van der Waals surface area contributed by atoms with Crippen molar-refractivity contribution in [2.24, 2.45) is 0 Å². The molecule has 1 heterocycles. The number of likely N-dealkylation sites (N-methyl/N-ethyl adjacent to an activating group) is 1. The average molecular weight is 290 g/mol. The lowest BCUT2D eigenvalue weighted by Gasteiger charge is -2.22. The van der Waals surface area contributed by atoms with Crippen LogP contribution in [0.4, 0.5) is 0 Å². The summed E-state index contributed by atoms with van der Waals surface area (Å²) in [6.45, 7) is 4.70. The van der Waals surface area contributed by atoms with Crippen LogP contribution in [0.15, 0.2) is 15.2 Å². The molecule has 0 aromatic carbocycles. The molecule has 0 bridgehead atoms. The standard InChI is InChI=1S/C11H16BrNOS/c1-4-10(14)8(2)13(3)6-9-5-11(12)15-7-9/h5,7-8H,4,6H2,1-3H3. The Morgan fingerprint density at radius 3 is 2.80 bits per heavy atom. The van der Waals surface area contributed by atoms with Crippen LogP contribution in [0.2, 0.25) is 0 Å². The number of carbonyl (C=O) groups is 1. The van der Waals surface area contributed by atoms with Crippen molar-refractivity contribution >= 4 is 33.0 Å². The maximum atomic E-state index is 11.5. The quantitative estimate of drug-likeness (QED) is 0.829. The van der Waals surface area contributed by atoms with Crippen molar-refractivity contribution in [1.29, 1.82) is 0 Å². The van der Waals surface area contributed by atoms with Crippen molar-refractivity contribution in [1.82, 2.24) is 4.90 Å². The van der Waals surface area contributed by atoms with Gasteiger partial charge in [-0.15, -0.1) is 11.3 Å². The van der Waals surface area contributed by atoms with E-state index in [0.717, 1.165) is 10.3 Å². The zero-order valence-electron chi connectivity index (χ0n) is 9.29. The van der Waals surface area contributed by atoms with Gasteiger partial charge in [0.1, 0.15) is 5.78 Å². The van der Waals surface area contributed by atoms with Crippen molar-refractivity contribution in [3.8, 4) is 0 Å². The van der Waals surface area contributed by atoms with E-state index in [9.17, 15) is 4.79 Å². The Kier molecular flexibility index (Phi) is 4.96. The lowest BCUT2D eigenvalue weighted by Crippen LogP contribution is -2.34. The Hall–Kier alpha value is -0.190. The fraction of sp³-hybridized carbons (Fsp3) is 0.545. The number of carbonyl (C=O) groups excluding carboxylic acids is 1. The average Bonchev–Trinajstić information content (AvgIpc) is 2.61. The molecule has 84 valence electrons. The van der Waals surface area contributed by atoms with Gasteiger partial charge in [-0.3, -0.25) is 9.69 Å². The molecule has 0 N–H and O–H groups in total. The minimum Gasteiger partial charge on any atom is -0.298 e. The fourth-order valence-corrected chi connectivity index (χ4v) is 2.60. The van der Waals surface area contributed by atoms with Crippen LogP contribution in [0.5, 0.6) is 0 Å². The SMILES string of the molecule is CCC(=O)C(C)N(C)Cc1csc(Br)c1. The zero-order chi connectivity index (χ0) is 11.4. The van der Waals surface area contributed by atoms with Crippen molar-refractivity contribution in [3.05, 3.63) is 20.8 Å². The zero-order valence-corrected chi connectivity index (χ0v) is 11.7. The van der Waals surface area contributed by atoms with E-state index in [2.05, 4.69) is 32.3 Å². The highest BCUT2D eigenvalue weighted by Gasteiger charge is 2.16. The molecule has 0 aliphatic rings. The van der Waals surface area contributed by atoms with E-state index < -0.39 is 0 Å². The molecule has 1 aromatic rings. The lowest BCUT2D eigenvalue weighted by atomic mass is 10.1. The number of ketones is 1. The Labute approximate surface area is 103 Å². The number of rotatable bonds is 5. The van der Waals surface area contributed by atoms with E-state index in [1.165, 1.54) is 5.56 Å². The van der Waals surface area contributed by atoms with Gasteiger partial charge in [-0.25, -0.2) is 0 Å². The van der Waals surface area contributed by atoms with Gasteiger partial charge in [-0.05, 0) is 46.9 Å². The van der Waals surface area contributed by atoms with Gasteiger partial charge in [0, 0.05) is 13.0 Å². The predicted octanol–water partition coefficient (Wildman–Crippen LogP) is 3.31. The molecule has 1 unspecified atom stereocenters. The van der Waals surface area contributed by atoms with Crippen LogP contribution in [0.1, 0.15) is 25.8 Å². The van der Waals surface area contributed by atoms with Crippen LogP contribution >= 0.6 is 27.3 Å². The molecule has 2 nitrogen and oxygen atoms in total. The summed E-state index contributed by atoms with van der Waals surface area (Å²) in [5, 5.41) is 2.11. The van der Waals surface area contributed by atoms with Crippen LogP contribution in [0.3, 0.4) is 0 Å². The summed E-state index contributed by atoms with van der Waals surface area (Å²) in [5.74, 6) is 0.298. The highest BCUT2D eigenvalue weighted by molar-refractivity contribution is 9.11. The molecular formula is C11H16BrNOS. The summed E-state index contributed by atoms with van der Waals surface area (Å²) in [4.78, 5) is 13.6. The first-order valence-electron chi connectivity index (χ1n) is 5.00. The smallest absolute Gasteiger partial charge is 0.149 e. The normalized spacial score (nSPS) is 13.1. The van der Waals surface area contributed by atoms with Gasteiger partial charge < -0.3 is 0 Å². The van der Waals surface area contributed by atoms with E-state index in [1.807, 2.05) is 20.9 Å². The van der Waals surface area contributed by atoms with Crippen LogP contribution in [0.25, 0.3) is 0 Å². The minimum atomic E-state index is 0.00803. The Morgan fingerprint density at radius 1 is 1.67 bits per heavy atom. The third-order valence-electron chi connectivity index (χ3n) is 2.53. The second-order valence-corrected chi connectivity index (χ2v) is 5.96. The Bertz CT molecular complexity index is 337. The first-order chi connectivity index (χ1) is 7.04. The summed E-state index contributed by atoms with van der Waals surface area (Å²) < 4.78 is 1.14. The van der Waals surface area contributed by atoms with Crippen molar-refractivity contribution in [2.45, 2.75) is 32.9 Å². The van der Waals surface area contributed by atoms with Crippen LogP contribution in [-0.2, 0) is 11.3 Å². The number of thiophene rings is 1. The number of Topliss-reactive ketones (excluding diaryl/α,β-unsaturated/α-hetero) is 1.